The van der Waals surface area contributed by atoms with Gasteiger partial charge in [-0.15, -0.1) is 11.3 Å². The third-order valence-electron chi connectivity index (χ3n) is 11.4. The Labute approximate surface area is 326 Å². The van der Waals surface area contributed by atoms with Gasteiger partial charge in [0.1, 0.15) is 0 Å². The van der Waals surface area contributed by atoms with Crippen LogP contribution >= 0.6 is 11.3 Å². The second kappa shape index (κ2) is 12.2. The molecule has 0 radical (unpaired) electrons. The molecule has 0 spiro atoms. The van der Waals surface area contributed by atoms with E-state index in [2.05, 4.69) is 187 Å². The first-order valence-electron chi connectivity index (χ1n) is 19.0. The summed E-state index contributed by atoms with van der Waals surface area (Å²) < 4.78 is 4.89. The van der Waals surface area contributed by atoms with Crippen LogP contribution in [-0.4, -0.2) is 14.5 Å². The van der Waals surface area contributed by atoms with Crippen molar-refractivity contribution < 1.29 is 0 Å². The van der Waals surface area contributed by atoms with Gasteiger partial charge in [0.2, 0.25) is 5.95 Å². The third kappa shape index (κ3) is 4.70. The van der Waals surface area contributed by atoms with Gasteiger partial charge in [0.05, 0.1) is 22.2 Å². The monoisotopic (exact) mass is 729 g/mol. The molecule has 3 aromatic heterocycles. The fourth-order valence-electron chi connectivity index (χ4n) is 8.86. The SMILES string of the molecule is c1ccc(-c2nc(-n3c4ccc(-c5cccc(-c6cccc7sc8ccc9ccccc9c8c67)c5)cc4c4c5ccccc5ccc43)nc3ccccc23)cc1. The average Bonchev–Trinajstić information content (AvgIpc) is 3.82. The van der Waals surface area contributed by atoms with Gasteiger partial charge < -0.3 is 0 Å². The van der Waals surface area contributed by atoms with Crippen LogP contribution in [0.4, 0.5) is 0 Å². The summed E-state index contributed by atoms with van der Waals surface area (Å²) in [5.41, 5.74) is 9.90. The molecule has 260 valence electrons. The zero-order valence-corrected chi connectivity index (χ0v) is 31.0. The lowest BCUT2D eigenvalue weighted by molar-refractivity contribution is 1.01. The minimum Gasteiger partial charge on any atom is -0.278 e. The smallest absolute Gasteiger partial charge is 0.235 e. The van der Waals surface area contributed by atoms with Crippen LogP contribution in [0.15, 0.2) is 188 Å². The van der Waals surface area contributed by atoms with Crippen LogP contribution in [0, 0.1) is 0 Å². The highest BCUT2D eigenvalue weighted by Crippen LogP contribution is 2.44. The van der Waals surface area contributed by atoms with Crippen molar-refractivity contribution in [3.8, 4) is 39.5 Å². The summed E-state index contributed by atoms with van der Waals surface area (Å²) >= 11 is 1.88. The van der Waals surface area contributed by atoms with E-state index in [0.29, 0.717) is 5.95 Å². The summed E-state index contributed by atoms with van der Waals surface area (Å²) in [6.07, 6.45) is 0. The van der Waals surface area contributed by atoms with E-state index < -0.39 is 0 Å². The van der Waals surface area contributed by atoms with Gasteiger partial charge in [0, 0.05) is 41.9 Å². The van der Waals surface area contributed by atoms with Gasteiger partial charge in [-0.25, -0.2) is 9.97 Å². The Hall–Kier alpha value is -7.14. The number of aromatic nitrogens is 3. The van der Waals surface area contributed by atoms with Gasteiger partial charge in [-0.2, -0.15) is 0 Å². The molecule has 3 heterocycles. The molecule has 0 fully saturated rings. The van der Waals surface area contributed by atoms with Crippen LogP contribution in [0.25, 0.3) is 114 Å². The van der Waals surface area contributed by atoms with Crippen LogP contribution < -0.4 is 0 Å². The molecule has 12 aromatic rings. The molecule has 0 atom stereocenters. The lowest BCUT2D eigenvalue weighted by Crippen LogP contribution is -2.03. The van der Waals surface area contributed by atoms with E-state index >= 15 is 0 Å². The molecule has 0 amide bonds. The van der Waals surface area contributed by atoms with E-state index in [1.807, 2.05) is 17.4 Å². The summed E-state index contributed by atoms with van der Waals surface area (Å²) in [5, 5.41) is 11.1. The first kappa shape index (κ1) is 31.2. The van der Waals surface area contributed by atoms with Crippen LogP contribution in [0.2, 0.25) is 0 Å². The maximum atomic E-state index is 5.33. The fourth-order valence-corrected chi connectivity index (χ4v) is 10.0. The standard InChI is InChI=1S/C52H31N3S/c1-2-14-34(15-3-1)51-41-20-8-9-22-43(41)53-52(54-51)55-44-27-25-36(31-42(44)48-38-18-6-4-12-32(38)24-28-45(48)55)35-16-10-17-37(30-35)40-21-11-23-46-50(40)49-39-19-7-5-13-33(39)26-29-47(49)56-46/h1-31H. The van der Waals surface area contributed by atoms with E-state index in [9.17, 15) is 0 Å². The maximum absolute atomic E-state index is 5.33. The van der Waals surface area contributed by atoms with Crippen LogP contribution in [0.3, 0.4) is 0 Å². The Morgan fingerprint density at radius 2 is 1.02 bits per heavy atom. The van der Waals surface area contributed by atoms with Crippen LogP contribution in [0.5, 0.6) is 0 Å². The number of para-hydroxylation sites is 1. The molecule has 0 unspecified atom stereocenters. The van der Waals surface area contributed by atoms with Crippen molar-refractivity contribution in [1.29, 1.82) is 0 Å². The minimum atomic E-state index is 0.663. The molecular formula is C52H31N3S. The van der Waals surface area contributed by atoms with E-state index in [0.717, 1.165) is 33.2 Å². The minimum absolute atomic E-state index is 0.663. The Bertz CT molecular complexity index is 3540. The number of hydrogen-bond acceptors (Lipinski definition) is 3. The number of thiophene rings is 1. The number of nitrogens with zero attached hydrogens (tertiary/aromatic N) is 3. The molecule has 0 aliphatic heterocycles. The molecule has 0 saturated heterocycles. The van der Waals surface area contributed by atoms with Gasteiger partial charge in [-0.1, -0.05) is 146 Å². The van der Waals surface area contributed by atoms with E-state index in [4.69, 9.17) is 9.97 Å². The zero-order chi connectivity index (χ0) is 36.7. The van der Waals surface area contributed by atoms with Gasteiger partial charge >= 0.3 is 0 Å². The zero-order valence-electron chi connectivity index (χ0n) is 30.1. The number of fused-ring (bicyclic) bond motifs is 11. The van der Waals surface area contributed by atoms with Crippen molar-refractivity contribution in [2.75, 3.05) is 0 Å². The van der Waals surface area contributed by atoms with Gasteiger partial charge in [-0.3, -0.25) is 4.57 Å². The molecule has 0 aliphatic carbocycles. The molecule has 9 aromatic carbocycles. The molecule has 3 nitrogen and oxygen atoms in total. The normalized spacial score (nSPS) is 11.9. The van der Waals surface area contributed by atoms with Gasteiger partial charge in [0.25, 0.3) is 0 Å². The molecule has 56 heavy (non-hydrogen) atoms. The van der Waals surface area contributed by atoms with Crippen LogP contribution in [0.1, 0.15) is 0 Å². The lowest BCUT2D eigenvalue weighted by atomic mass is 9.94. The van der Waals surface area contributed by atoms with Crippen molar-refractivity contribution in [2.45, 2.75) is 0 Å². The topological polar surface area (TPSA) is 30.7 Å². The van der Waals surface area contributed by atoms with Crippen molar-refractivity contribution in [1.82, 2.24) is 14.5 Å². The van der Waals surface area contributed by atoms with Crippen molar-refractivity contribution in [3.63, 3.8) is 0 Å². The van der Waals surface area contributed by atoms with E-state index in [1.165, 1.54) is 74.7 Å². The molecule has 0 aliphatic rings. The molecule has 0 bridgehead atoms. The second-order valence-electron chi connectivity index (χ2n) is 14.5. The highest BCUT2D eigenvalue weighted by molar-refractivity contribution is 7.26. The molecule has 0 saturated carbocycles. The van der Waals surface area contributed by atoms with Crippen molar-refractivity contribution >= 4 is 85.8 Å². The summed E-state index contributed by atoms with van der Waals surface area (Å²) in [5.74, 6) is 0.663. The molecule has 12 rings (SSSR count). The van der Waals surface area contributed by atoms with Crippen molar-refractivity contribution in [3.05, 3.63) is 188 Å². The highest BCUT2D eigenvalue weighted by Gasteiger charge is 2.20. The maximum Gasteiger partial charge on any atom is 0.235 e. The first-order chi connectivity index (χ1) is 27.8. The summed E-state index contributed by atoms with van der Waals surface area (Å²) in [6.45, 7) is 0. The van der Waals surface area contributed by atoms with Gasteiger partial charge in [0.15, 0.2) is 0 Å². The lowest BCUT2D eigenvalue weighted by Gasteiger charge is -2.12. The molecular weight excluding hydrogens is 699 g/mol. The van der Waals surface area contributed by atoms with Crippen molar-refractivity contribution in [2.24, 2.45) is 0 Å². The molecule has 0 N–H and O–H groups in total. The van der Waals surface area contributed by atoms with E-state index in [1.54, 1.807) is 0 Å². The summed E-state index contributed by atoms with van der Waals surface area (Å²) in [6, 6.07) is 67.9. The quantitative estimate of drug-likeness (QED) is 0.181. The predicted octanol–water partition coefficient (Wildman–Crippen LogP) is 14.4. The second-order valence-corrected chi connectivity index (χ2v) is 15.6. The molecule has 4 heteroatoms. The largest absolute Gasteiger partial charge is 0.278 e. The number of rotatable bonds is 4. The Balaban J connectivity index is 1.09. The number of benzene rings is 9. The van der Waals surface area contributed by atoms with Gasteiger partial charge in [-0.05, 0) is 86.3 Å². The fraction of sp³-hybridized carbons (Fsp3) is 0. The summed E-state index contributed by atoms with van der Waals surface area (Å²) in [4.78, 5) is 10.6. The average molecular weight is 730 g/mol. The Morgan fingerprint density at radius 3 is 1.88 bits per heavy atom. The van der Waals surface area contributed by atoms with E-state index in [-0.39, 0.29) is 0 Å². The first-order valence-corrected chi connectivity index (χ1v) is 19.8. The Morgan fingerprint density at radius 1 is 0.375 bits per heavy atom. The highest BCUT2D eigenvalue weighted by atomic mass is 32.1. The summed E-state index contributed by atoms with van der Waals surface area (Å²) in [7, 11) is 0. The number of hydrogen-bond donors (Lipinski definition) is 0. The third-order valence-corrected chi connectivity index (χ3v) is 12.5. The Kier molecular flexibility index (Phi) is 6.80. The predicted molar refractivity (Wildman–Crippen MR) is 238 cm³/mol. The van der Waals surface area contributed by atoms with Crippen LogP contribution in [-0.2, 0) is 0 Å².